The Morgan fingerprint density at radius 3 is 2.79 bits per heavy atom. The largest absolute Gasteiger partial charge is 0.484 e. The van der Waals surface area contributed by atoms with Gasteiger partial charge in [-0.3, -0.25) is 4.79 Å². The third-order valence-electron chi connectivity index (χ3n) is 2.74. The fourth-order valence-electron chi connectivity index (χ4n) is 1.81. The number of nitrogens with zero attached hydrogens (tertiary/aromatic N) is 2. The van der Waals surface area contributed by atoms with Gasteiger partial charge in [-0.1, -0.05) is 18.2 Å². The van der Waals surface area contributed by atoms with Crippen molar-refractivity contribution in [2.45, 2.75) is 13.0 Å². The molecule has 0 saturated heterocycles. The molecule has 1 amide bonds. The number of imidazole rings is 1. The number of para-hydroxylation sites is 1. The van der Waals surface area contributed by atoms with Gasteiger partial charge in [0.15, 0.2) is 6.61 Å². The summed E-state index contributed by atoms with van der Waals surface area (Å²) < 4.78 is 7.25. The van der Waals surface area contributed by atoms with Crippen LogP contribution in [0.25, 0.3) is 0 Å². The standard InChI is InChI=1S/C14H17N3O2/c1-11(14-15-8-9-17(14)2)16-13(18)10-19-12-6-4-3-5-7-12/h3-9,11H,10H2,1-2H3,(H,16,18). The number of rotatable bonds is 5. The van der Waals surface area contributed by atoms with Crippen LogP contribution in [0.2, 0.25) is 0 Å². The monoisotopic (exact) mass is 259 g/mol. The summed E-state index contributed by atoms with van der Waals surface area (Å²) in [7, 11) is 1.89. The molecular weight excluding hydrogens is 242 g/mol. The highest BCUT2D eigenvalue weighted by Gasteiger charge is 2.13. The van der Waals surface area contributed by atoms with Crippen molar-refractivity contribution >= 4 is 5.91 Å². The molecule has 0 bridgehead atoms. The van der Waals surface area contributed by atoms with E-state index in [2.05, 4.69) is 10.3 Å². The second-order valence-corrected chi connectivity index (χ2v) is 4.29. The minimum Gasteiger partial charge on any atom is -0.484 e. The molecule has 5 heteroatoms. The number of aromatic nitrogens is 2. The molecule has 5 nitrogen and oxygen atoms in total. The van der Waals surface area contributed by atoms with Gasteiger partial charge in [0.05, 0.1) is 6.04 Å². The Balaban J connectivity index is 1.83. The van der Waals surface area contributed by atoms with Crippen LogP contribution in [0.1, 0.15) is 18.8 Å². The molecular formula is C14H17N3O2. The van der Waals surface area contributed by atoms with Crippen LogP contribution in [0.4, 0.5) is 0 Å². The van der Waals surface area contributed by atoms with Crippen LogP contribution in [-0.4, -0.2) is 22.1 Å². The lowest BCUT2D eigenvalue weighted by Crippen LogP contribution is -2.32. The molecule has 1 unspecified atom stereocenters. The molecule has 0 aliphatic rings. The lowest BCUT2D eigenvalue weighted by atomic mass is 10.3. The average molecular weight is 259 g/mol. The fraction of sp³-hybridized carbons (Fsp3) is 0.286. The van der Waals surface area contributed by atoms with E-state index in [1.165, 1.54) is 0 Å². The quantitative estimate of drug-likeness (QED) is 0.888. The minimum atomic E-state index is -0.167. The smallest absolute Gasteiger partial charge is 0.258 e. The zero-order chi connectivity index (χ0) is 13.7. The molecule has 100 valence electrons. The highest BCUT2D eigenvalue weighted by atomic mass is 16.5. The minimum absolute atomic E-state index is 0.00121. The zero-order valence-electron chi connectivity index (χ0n) is 11.0. The van der Waals surface area contributed by atoms with Crippen molar-refractivity contribution in [1.82, 2.24) is 14.9 Å². The fourth-order valence-corrected chi connectivity index (χ4v) is 1.81. The molecule has 0 aliphatic heterocycles. The van der Waals surface area contributed by atoms with E-state index in [9.17, 15) is 4.79 Å². The normalized spacial score (nSPS) is 11.9. The average Bonchev–Trinajstić information content (AvgIpc) is 2.84. The van der Waals surface area contributed by atoms with Gasteiger partial charge in [-0.15, -0.1) is 0 Å². The maximum atomic E-state index is 11.8. The van der Waals surface area contributed by atoms with Crippen LogP contribution in [0, 0.1) is 0 Å². The first-order valence-corrected chi connectivity index (χ1v) is 6.11. The Bertz CT molecular complexity index is 537. The first-order valence-electron chi connectivity index (χ1n) is 6.11. The lowest BCUT2D eigenvalue weighted by Gasteiger charge is -2.14. The molecule has 1 heterocycles. The third-order valence-corrected chi connectivity index (χ3v) is 2.74. The summed E-state index contributed by atoms with van der Waals surface area (Å²) in [5.74, 6) is 1.33. The van der Waals surface area contributed by atoms with Crippen LogP contribution in [0.15, 0.2) is 42.7 Å². The zero-order valence-corrected chi connectivity index (χ0v) is 11.0. The number of carbonyl (C=O) groups is 1. The molecule has 0 aliphatic carbocycles. The van der Waals surface area contributed by atoms with E-state index in [-0.39, 0.29) is 18.6 Å². The highest BCUT2D eigenvalue weighted by Crippen LogP contribution is 2.10. The Labute approximate surface area is 112 Å². The van der Waals surface area contributed by atoms with Crippen molar-refractivity contribution < 1.29 is 9.53 Å². The Hall–Kier alpha value is -2.30. The number of benzene rings is 1. The lowest BCUT2D eigenvalue weighted by molar-refractivity contribution is -0.123. The van der Waals surface area contributed by atoms with Crippen molar-refractivity contribution in [3.63, 3.8) is 0 Å². The van der Waals surface area contributed by atoms with Crippen molar-refractivity contribution in [3.05, 3.63) is 48.5 Å². The molecule has 2 aromatic rings. The summed E-state index contributed by atoms with van der Waals surface area (Å²) in [5.41, 5.74) is 0. The number of hydrogen-bond acceptors (Lipinski definition) is 3. The van der Waals surface area contributed by atoms with Crippen LogP contribution < -0.4 is 10.1 Å². The van der Waals surface area contributed by atoms with E-state index in [0.29, 0.717) is 5.75 Å². The predicted octanol–water partition coefficient (Wildman–Crippen LogP) is 1.68. The number of aryl methyl sites for hydroxylation is 1. The molecule has 1 atom stereocenters. The van der Waals surface area contributed by atoms with Gasteiger partial charge in [0, 0.05) is 19.4 Å². The topological polar surface area (TPSA) is 56.1 Å². The van der Waals surface area contributed by atoms with Gasteiger partial charge < -0.3 is 14.6 Å². The summed E-state index contributed by atoms with van der Waals surface area (Å²) in [5, 5.41) is 2.85. The summed E-state index contributed by atoms with van der Waals surface area (Å²) in [6.07, 6.45) is 3.55. The number of ether oxygens (including phenoxy) is 1. The van der Waals surface area contributed by atoms with Gasteiger partial charge in [0.25, 0.3) is 5.91 Å². The summed E-state index contributed by atoms with van der Waals surface area (Å²) in [6.45, 7) is 1.89. The molecule has 19 heavy (non-hydrogen) atoms. The van der Waals surface area contributed by atoms with Crippen LogP contribution in [0.5, 0.6) is 5.75 Å². The molecule has 0 saturated carbocycles. The van der Waals surface area contributed by atoms with Crippen molar-refractivity contribution in [3.8, 4) is 5.75 Å². The van der Waals surface area contributed by atoms with Crippen molar-refractivity contribution in [1.29, 1.82) is 0 Å². The van der Waals surface area contributed by atoms with E-state index in [4.69, 9.17) is 4.74 Å². The summed E-state index contributed by atoms with van der Waals surface area (Å²) in [4.78, 5) is 16.0. The molecule has 1 aromatic heterocycles. The Morgan fingerprint density at radius 1 is 1.42 bits per heavy atom. The maximum Gasteiger partial charge on any atom is 0.258 e. The summed E-state index contributed by atoms with van der Waals surface area (Å²) >= 11 is 0. The third kappa shape index (κ3) is 3.58. The highest BCUT2D eigenvalue weighted by molar-refractivity contribution is 5.77. The van der Waals surface area contributed by atoms with Gasteiger partial charge >= 0.3 is 0 Å². The first-order chi connectivity index (χ1) is 9.16. The Morgan fingerprint density at radius 2 is 2.16 bits per heavy atom. The van der Waals surface area contributed by atoms with E-state index < -0.39 is 0 Å². The molecule has 0 fully saturated rings. The second kappa shape index (κ2) is 6.04. The number of hydrogen-bond donors (Lipinski definition) is 1. The first kappa shape index (κ1) is 13.1. The second-order valence-electron chi connectivity index (χ2n) is 4.29. The van der Waals surface area contributed by atoms with Gasteiger partial charge in [0.1, 0.15) is 11.6 Å². The van der Waals surface area contributed by atoms with E-state index >= 15 is 0 Å². The van der Waals surface area contributed by atoms with Gasteiger partial charge in [-0.25, -0.2) is 4.98 Å². The SMILES string of the molecule is CC(NC(=O)COc1ccccc1)c1nccn1C. The van der Waals surface area contributed by atoms with E-state index in [1.54, 1.807) is 6.20 Å². The van der Waals surface area contributed by atoms with Gasteiger partial charge in [-0.05, 0) is 19.1 Å². The van der Waals surface area contributed by atoms with E-state index in [0.717, 1.165) is 5.82 Å². The van der Waals surface area contributed by atoms with Crippen LogP contribution in [-0.2, 0) is 11.8 Å². The van der Waals surface area contributed by atoms with Crippen molar-refractivity contribution in [2.75, 3.05) is 6.61 Å². The molecule has 1 aromatic carbocycles. The van der Waals surface area contributed by atoms with E-state index in [1.807, 2.05) is 55.1 Å². The predicted molar refractivity (Wildman–Crippen MR) is 71.7 cm³/mol. The van der Waals surface area contributed by atoms with Gasteiger partial charge in [0.2, 0.25) is 0 Å². The van der Waals surface area contributed by atoms with Crippen LogP contribution in [0.3, 0.4) is 0 Å². The molecule has 0 spiro atoms. The maximum absolute atomic E-state index is 11.8. The Kier molecular flexibility index (Phi) is 4.18. The van der Waals surface area contributed by atoms with Crippen molar-refractivity contribution in [2.24, 2.45) is 7.05 Å². The van der Waals surface area contributed by atoms with Gasteiger partial charge in [-0.2, -0.15) is 0 Å². The number of carbonyl (C=O) groups excluding carboxylic acids is 1. The molecule has 0 radical (unpaired) electrons. The summed E-state index contributed by atoms with van der Waals surface area (Å²) in [6, 6.07) is 9.11. The molecule has 2 rings (SSSR count). The number of nitrogens with one attached hydrogen (secondary N) is 1. The number of amides is 1. The van der Waals surface area contributed by atoms with Crippen LogP contribution >= 0.6 is 0 Å². The molecule has 1 N–H and O–H groups in total.